The summed E-state index contributed by atoms with van der Waals surface area (Å²) in [7, 11) is -3.96. The van der Waals surface area contributed by atoms with E-state index in [1.54, 1.807) is 0 Å². The van der Waals surface area contributed by atoms with Gasteiger partial charge in [0.1, 0.15) is 0 Å². The van der Waals surface area contributed by atoms with Crippen LogP contribution >= 0.6 is 0 Å². The van der Waals surface area contributed by atoms with Gasteiger partial charge >= 0.3 is 0 Å². The first-order chi connectivity index (χ1) is 4.92. The van der Waals surface area contributed by atoms with Crippen LogP contribution in [0.4, 0.5) is 0 Å². The zero-order valence-corrected chi connectivity index (χ0v) is 6.52. The molecule has 0 aromatic carbocycles. The van der Waals surface area contributed by atoms with E-state index in [1.807, 2.05) is 0 Å². The highest BCUT2D eigenvalue weighted by molar-refractivity contribution is 7.85. The van der Waals surface area contributed by atoms with Crippen LogP contribution in [0.3, 0.4) is 0 Å². The van der Waals surface area contributed by atoms with Crippen molar-refractivity contribution in [3.63, 3.8) is 0 Å². The highest BCUT2D eigenvalue weighted by Gasteiger charge is 2.01. The second-order valence-electron chi connectivity index (χ2n) is 1.89. The summed E-state index contributed by atoms with van der Waals surface area (Å²) >= 11 is 0. The van der Waals surface area contributed by atoms with Crippen LogP contribution in [-0.2, 0) is 10.1 Å². The maximum atomic E-state index is 10.1. The SMILES string of the molecule is N=C([O-])CNCCS(=O)(=O)O. The molecule has 0 saturated heterocycles. The Balaban J connectivity index is 3.37. The third-order valence-corrected chi connectivity index (χ3v) is 1.54. The summed E-state index contributed by atoms with van der Waals surface area (Å²) in [5.41, 5.74) is 0. The number of hydrogen-bond donors (Lipinski definition) is 3. The van der Waals surface area contributed by atoms with Gasteiger partial charge in [0.15, 0.2) is 0 Å². The van der Waals surface area contributed by atoms with Crippen LogP contribution in [0, 0.1) is 5.41 Å². The van der Waals surface area contributed by atoms with E-state index in [0.717, 1.165) is 0 Å². The van der Waals surface area contributed by atoms with E-state index in [0.29, 0.717) is 0 Å². The predicted octanol–water partition coefficient (Wildman–Crippen LogP) is -2.20. The molecule has 66 valence electrons. The summed E-state index contributed by atoms with van der Waals surface area (Å²) in [6.07, 6.45) is 0. The summed E-state index contributed by atoms with van der Waals surface area (Å²) in [5.74, 6) is -1.26. The van der Waals surface area contributed by atoms with Crippen LogP contribution in [-0.4, -0.2) is 37.7 Å². The fourth-order valence-electron chi connectivity index (χ4n) is 0.403. The summed E-state index contributed by atoms with van der Waals surface area (Å²) in [6, 6.07) is 0. The molecule has 6 nitrogen and oxygen atoms in total. The molecule has 0 aliphatic carbocycles. The van der Waals surface area contributed by atoms with Crippen molar-refractivity contribution in [2.75, 3.05) is 18.8 Å². The predicted molar refractivity (Wildman–Crippen MR) is 37.0 cm³/mol. The number of hydrogen-bond acceptors (Lipinski definition) is 5. The third-order valence-electron chi connectivity index (χ3n) is 0.822. The van der Waals surface area contributed by atoms with Gasteiger partial charge in [0.2, 0.25) is 0 Å². The molecule has 0 aliphatic rings. The van der Waals surface area contributed by atoms with Crippen molar-refractivity contribution in [3.8, 4) is 0 Å². The molecule has 0 bridgehead atoms. The molecule has 0 fully saturated rings. The Morgan fingerprint density at radius 2 is 2.18 bits per heavy atom. The molecule has 0 amide bonds. The van der Waals surface area contributed by atoms with Gasteiger partial charge in [0, 0.05) is 13.1 Å². The zero-order valence-electron chi connectivity index (χ0n) is 5.70. The molecule has 0 saturated carbocycles. The lowest BCUT2D eigenvalue weighted by atomic mass is 10.6. The van der Waals surface area contributed by atoms with Crippen molar-refractivity contribution < 1.29 is 18.1 Å². The third kappa shape index (κ3) is 9.34. The minimum atomic E-state index is -3.96. The van der Waals surface area contributed by atoms with Crippen LogP contribution in [0.25, 0.3) is 0 Å². The molecule has 0 radical (unpaired) electrons. The lowest BCUT2D eigenvalue weighted by Crippen LogP contribution is -2.33. The highest BCUT2D eigenvalue weighted by Crippen LogP contribution is 1.77. The first kappa shape index (κ1) is 10.3. The lowest BCUT2D eigenvalue weighted by Gasteiger charge is -2.06. The van der Waals surface area contributed by atoms with Crippen molar-refractivity contribution in [2.45, 2.75) is 0 Å². The van der Waals surface area contributed by atoms with E-state index in [4.69, 9.17) is 9.96 Å². The number of rotatable bonds is 5. The molecule has 7 heteroatoms. The Bertz CT molecular complexity index is 222. The van der Waals surface area contributed by atoms with Gasteiger partial charge in [0.05, 0.1) is 5.75 Å². The summed E-state index contributed by atoms with van der Waals surface area (Å²) < 4.78 is 28.3. The second kappa shape index (κ2) is 4.27. The average molecular weight is 181 g/mol. The molecule has 0 unspecified atom stereocenters. The van der Waals surface area contributed by atoms with Crippen molar-refractivity contribution in [1.82, 2.24) is 5.32 Å². The molecule has 0 heterocycles. The summed E-state index contributed by atoms with van der Waals surface area (Å²) in [6.45, 7) is -0.223. The van der Waals surface area contributed by atoms with Gasteiger partial charge in [-0.15, -0.1) is 0 Å². The molecule has 0 spiro atoms. The van der Waals surface area contributed by atoms with Crippen LogP contribution in [0.1, 0.15) is 0 Å². The zero-order chi connectivity index (χ0) is 8.91. The Kier molecular flexibility index (Phi) is 4.01. The van der Waals surface area contributed by atoms with E-state index in [1.165, 1.54) is 0 Å². The van der Waals surface area contributed by atoms with Gasteiger partial charge in [-0.2, -0.15) is 8.42 Å². The largest absolute Gasteiger partial charge is 0.861 e. The topological polar surface area (TPSA) is 113 Å². The maximum absolute atomic E-state index is 10.1. The standard InChI is InChI=1S/C4H10N2O4S/c5-4(7)3-6-1-2-11(8,9)10/h6H,1-3H2,(H2,5,7)(H,8,9,10)/p-1. The minimum absolute atomic E-state index is 0.0244. The normalized spacial score (nSPS) is 11.4. The van der Waals surface area contributed by atoms with Gasteiger partial charge in [-0.3, -0.25) is 4.55 Å². The van der Waals surface area contributed by atoms with Crippen molar-refractivity contribution >= 4 is 16.0 Å². The highest BCUT2D eigenvalue weighted by atomic mass is 32.2. The Labute approximate surface area is 64.5 Å². The maximum Gasteiger partial charge on any atom is 0.266 e. The molecular formula is C4H9N2O4S-. The fraction of sp³-hybridized carbons (Fsp3) is 0.750. The van der Waals surface area contributed by atoms with Crippen molar-refractivity contribution in [2.24, 2.45) is 0 Å². The van der Waals surface area contributed by atoms with Crippen molar-refractivity contribution in [3.05, 3.63) is 0 Å². The van der Waals surface area contributed by atoms with Crippen LogP contribution < -0.4 is 10.4 Å². The van der Waals surface area contributed by atoms with E-state index in [9.17, 15) is 13.5 Å². The van der Waals surface area contributed by atoms with Gasteiger partial charge in [-0.1, -0.05) is 0 Å². The van der Waals surface area contributed by atoms with Crippen LogP contribution in [0.2, 0.25) is 0 Å². The molecule has 3 N–H and O–H groups in total. The van der Waals surface area contributed by atoms with Gasteiger partial charge in [-0.25, -0.2) is 0 Å². The quantitative estimate of drug-likeness (QED) is 0.193. The molecule has 0 atom stereocenters. The van der Waals surface area contributed by atoms with Crippen LogP contribution in [0.5, 0.6) is 0 Å². The monoisotopic (exact) mass is 181 g/mol. The Hall–Kier alpha value is -0.660. The first-order valence-corrected chi connectivity index (χ1v) is 4.43. The molecule has 0 rings (SSSR count). The molecule has 0 aromatic heterocycles. The van der Waals surface area contributed by atoms with Gasteiger partial charge in [0.25, 0.3) is 10.1 Å². The Morgan fingerprint density at radius 3 is 2.55 bits per heavy atom. The van der Waals surface area contributed by atoms with Gasteiger partial charge in [-0.05, 0) is 5.90 Å². The molecule has 0 aliphatic heterocycles. The van der Waals surface area contributed by atoms with E-state index in [2.05, 4.69) is 5.32 Å². The smallest absolute Gasteiger partial charge is 0.266 e. The summed E-state index contributed by atoms with van der Waals surface area (Å²) in [4.78, 5) is 0. The minimum Gasteiger partial charge on any atom is -0.861 e. The van der Waals surface area contributed by atoms with Crippen LogP contribution in [0.15, 0.2) is 0 Å². The van der Waals surface area contributed by atoms with Gasteiger partial charge < -0.3 is 15.8 Å². The first-order valence-electron chi connectivity index (χ1n) is 2.82. The number of nitrogens with one attached hydrogen (secondary N) is 2. The fourth-order valence-corrected chi connectivity index (χ4v) is 0.805. The van der Waals surface area contributed by atoms with Crippen molar-refractivity contribution in [1.29, 1.82) is 5.41 Å². The Morgan fingerprint density at radius 1 is 1.64 bits per heavy atom. The van der Waals surface area contributed by atoms with E-state index in [-0.39, 0.29) is 13.1 Å². The molecule has 0 aromatic rings. The molecular weight excluding hydrogens is 172 g/mol. The van der Waals surface area contributed by atoms with E-state index >= 15 is 0 Å². The average Bonchev–Trinajstić information content (AvgIpc) is 1.78. The molecule has 11 heavy (non-hydrogen) atoms. The lowest BCUT2D eigenvalue weighted by molar-refractivity contribution is -0.219. The van der Waals surface area contributed by atoms with E-state index < -0.39 is 21.8 Å². The second-order valence-corrected chi connectivity index (χ2v) is 3.46. The summed E-state index contributed by atoms with van der Waals surface area (Å²) in [5, 5.41) is 18.7.